The number of nitrogens with one attached hydrogen (secondary N) is 2. The van der Waals surface area contributed by atoms with Gasteiger partial charge < -0.3 is 10.6 Å². The Morgan fingerprint density at radius 1 is 1.60 bits per heavy atom. The lowest BCUT2D eigenvalue weighted by Crippen LogP contribution is -2.35. The number of anilines is 1. The molecule has 1 unspecified atom stereocenters. The SMILES string of the molecule is Cc1cnc(NCCC2CCCCN2)s1. The second-order valence-electron chi connectivity index (χ2n) is 4.14. The molecular weight excluding hydrogens is 206 g/mol. The second kappa shape index (κ2) is 5.47. The molecular formula is C11H19N3S. The highest BCUT2D eigenvalue weighted by Crippen LogP contribution is 2.17. The van der Waals surface area contributed by atoms with Crippen LogP contribution >= 0.6 is 11.3 Å². The molecule has 0 amide bonds. The van der Waals surface area contributed by atoms with Crippen LogP contribution in [0.2, 0.25) is 0 Å². The first-order valence-corrected chi connectivity index (χ1v) is 6.56. The van der Waals surface area contributed by atoms with Crippen molar-refractivity contribution in [3.05, 3.63) is 11.1 Å². The zero-order valence-electron chi connectivity index (χ0n) is 9.25. The van der Waals surface area contributed by atoms with E-state index in [1.54, 1.807) is 11.3 Å². The fraction of sp³-hybridized carbons (Fsp3) is 0.727. The summed E-state index contributed by atoms with van der Waals surface area (Å²) in [6.07, 6.45) is 7.19. The predicted octanol–water partition coefficient (Wildman–Crippen LogP) is 2.40. The molecule has 1 aromatic heterocycles. The highest BCUT2D eigenvalue weighted by molar-refractivity contribution is 7.15. The third kappa shape index (κ3) is 3.47. The van der Waals surface area contributed by atoms with Gasteiger partial charge in [-0.25, -0.2) is 4.98 Å². The number of nitrogens with zero attached hydrogens (tertiary/aromatic N) is 1. The van der Waals surface area contributed by atoms with Crippen LogP contribution in [0.3, 0.4) is 0 Å². The van der Waals surface area contributed by atoms with Gasteiger partial charge in [0.1, 0.15) is 0 Å². The van der Waals surface area contributed by atoms with Crippen molar-refractivity contribution in [2.24, 2.45) is 0 Å². The Labute approximate surface area is 95.3 Å². The second-order valence-corrected chi connectivity index (χ2v) is 5.37. The third-order valence-electron chi connectivity index (χ3n) is 2.80. The lowest BCUT2D eigenvalue weighted by molar-refractivity contribution is 0.389. The lowest BCUT2D eigenvalue weighted by Gasteiger charge is -2.23. The molecule has 3 nitrogen and oxygen atoms in total. The molecule has 2 rings (SSSR count). The van der Waals surface area contributed by atoms with Crippen molar-refractivity contribution < 1.29 is 0 Å². The van der Waals surface area contributed by atoms with Gasteiger partial charge in [0.2, 0.25) is 0 Å². The van der Waals surface area contributed by atoms with Crippen molar-refractivity contribution in [1.82, 2.24) is 10.3 Å². The average molecular weight is 225 g/mol. The summed E-state index contributed by atoms with van der Waals surface area (Å²) < 4.78 is 0. The summed E-state index contributed by atoms with van der Waals surface area (Å²) in [7, 11) is 0. The quantitative estimate of drug-likeness (QED) is 0.826. The number of hydrogen-bond acceptors (Lipinski definition) is 4. The number of aryl methyl sites for hydroxylation is 1. The van der Waals surface area contributed by atoms with E-state index in [-0.39, 0.29) is 0 Å². The Hall–Kier alpha value is -0.610. The molecule has 0 aliphatic carbocycles. The van der Waals surface area contributed by atoms with Crippen molar-refractivity contribution in [2.75, 3.05) is 18.4 Å². The van der Waals surface area contributed by atoms with Crippen molar-refractivity contribution in [2.45, 2.75) is 38.6 Å². The molecule has 1 saturated heterocycles. The maximum atomic E-state index is 4.29. The van der Waals surface area contributed by atoms with Crippen molar-refractivity contribution in [3.63, 3.8) is 0 Å². The van der Waals surface area contributed by atoms with Crippen molar-refractivity contribution in [3.8, 4) is 0 Å². The summed E-state index contributed by atoms with van der Waals surface area (Å²) in [5, 5.41) is 7.99. The van der Waals surface area contributed by atoms with E-state index in [1.165, 1.54) is 37.1 Å². The molecule has 2 heterocycles. The molecule has 1 atom stereocenters. The van der Waals surface area contributed by atoms with Crippen LogP contribution in [-0.2, 0) is 0 Å². The largest absolute Gasteiger partial charge is 0.361 e. The molecule has 0 radical (unpaired) electrons. The molecule has 84 valence electrons. The van der Waals surface area contributed by atoms with Gasteiger partial charge in [0, 0.05) is 23.7 Å². The van der Waals surface area contributed by atoms with Crippen LogP contribution in [0.25, 0.3) is 0 Å². The smallest absolute Gasteiger partial charge is 0.182 e. The van der Waals surface area contributed by atoms with E-state index < -0.39 is 0 Å². The predicted molar refractivity (Wildman–Crippen MR) is 65.6 cm³/mol. The third-order valence-corrected chi connectivity index (χ3v) is 3.67. The number of hydrogen-bond donors (Lipinski definition) is 2. The summed E-state index contributed by atoms with van der Waals surface area (Å²) in [5.74, 6) is 0. The van der Waals surface area contributed by atoms with Gasteiger partial charge in [0.05, 0.1) is 0 Å². The maximum absolute atomic E-state index is 4.29. The van der Waals surface area contributed by atoms with Crippen molar-refractivity contribution in [1.29, 1.82) is 0 Å². The zero-order chi connectivity index (χ0) is 10.5. The molecule has 15 heavy (non-hydrogen) atoms. The molecule has 1 aromatic rings. The highest BCUT2D eigenvalue weighted by atomic mass is 32.1. The fourth-order valence-electron chi connectivity index (χ4n) is 1.96. The van der Waals surface area contributed by atoms with Crippen LogP contribution in [0.5, 0.6) is 0 Å². The summed E-state index contributed by atoms with van der Waals surface area (Å²) in [5.41, 5.74) is 0. The van der Waals surface area contributed by atoms with E-state index in [1.807, 2.05) is 6.20 Å². The van der Waals surface area contributed by atoms with E-state index in [0.717, 1.165) is 11.7 Å². The number of rotatable bonds is 4. The molecule has 4 heteroatoms. The highest BCUT2D eigenvalue weighted by Gasteiger charge is 2.11. The van der Waals surface area contributed by atoms with E-state index >= 15 is 0 Å². The van der Waals surface area contributed by atoms with Gasteiger partial charge >= 0.3 is 0 Å². The van der Waals surface area contributed by atoms with Crippen LogP contribution in [0.15, 0.2) is 6.20 Å². The molecule has 0 bridgehead atoms. The Balaban J connectivity index is 1.65. The number of aromatic nitrogens is 1. The van der Waals surface area contributed by atoms with Gasteiger partial charge in [-0.2, -0.15) is 0 Å². The van der Waals surface area contributed by atoms with Crippen molar-refractivity contribution >= 4 is 16.5 Å². The van der Waals surface area contributed by atoms with Gasteiger partial charge in [-0.1, -0.05) is 6.42 Å². The lowest BCUT2D eigenvalue weighted by atomic mass is 10.0. The standard InChI is InChI=1S/C11H19N3S/c1-9-8-14-11(15-9)13-7-5-10-4-2-3-6-12-10/h8,10,12H,2-7H2,1H3,(H,13,14). The Morgan fingerprint density at radius 2 is 2.53 bits per heavy atom. The first-order valence-electron chi connectivity index (χ1n) is 5.74. The first-order chi connectivity index (χ1) is 7.34. The molecule has 1 aliphatic rings. The normalized spacial score (nSPS) is 21.5. The molecule has 0 saturated carbocycles. The molecule has 0 spiro atoms. The van der Waals surface area contributed by atoms with Gasteiger partial charge in [-0.15, -0.1) is 11.3 Å². The van der Waals surface area contributed by atoms with E-state index in [9.17, 15) is 0 Å². The first kappa shape index (κ1) is 10.9. The summed E-state index contributed by atoms with van der Waals surface area (Å²) in [4.78, 5) is 5.56. The summed E-state index contributed by atoms with van der Waals surface area (Å²) >= 11 is 1.73. The fourth-order valence-corrected chi connectivity index (χ4v) is 2.65. The van der Waals surface area contributed by atoms with Gasteiger partial charge in [-0.05, 0) is 32.7 Å². The van der Waals surface area contributed by atoms with E-state index in [0.29, 0.717) is 6.04 Å². The summed E-state index contributed by atoms with van der Waals surface area (Å²) in [6.45, 7) is 4.32. The van der Waals surface area contributed by atoms with Crippen LogP contribution in [0.4, 0.5) is 5.13 Å². The molecule has 2 N–H and O–H groups in total. The van der Waals surface area contributed by atoms with E-state index in [2.05, 4.69) is 22.5 Å². The minimum absolute atomic E-state index is 0.715. The molecule has 0 aromatic carbocycles. The monoisotopic (exact) mass is 225 g/mol. The van der Waals surface area contributed by atoms with Gasteiger partial charge in [0.25, 0.3) is 0 Å². The van der Waals surface area contributed by atoms with Crippen LogP contribution < -0.4 is 10.6 Å². The number of piperidine rings is 1. The van der Waals surface area contributed by atoms with Crippen LogP contribution in [0, 0.1) is 6.92 Å². The van der Waals surface area contributed by atoms with Gasteiger partial charge in [0.15, 0.2) is 5.13 Å². The summed E-state index contributed by atoms with van der Waals surface area (Å²) in [6, 6.07) is 0.715. The molecule has 1 fully saturated rings. The zero-order valence-corrected chi connectivity index (χ0v) is 10.1. The Kier molecular flexibility index (Phi) is 3.97. The van der Waals surface area contributed by atoms with Crippen LogP contribution in [-0.4, -0.2) is 24.1 Å². The Bertz CT molecular complexity index is 292. The number of thiazole rings is 1. The minimum Gasteiger partial charge on any atom is -0.361 e. The minimum atomic E-state index is 0.715. The van der Waals surface area contributed by atoms with Gasteiger partial charge in [-0.3, -0.25) is 0 Å². The maximum Gasteiger partial charge on any atom is 0.182 e. The average Bonchev–Trinajstić information content (AvgIpc) is 2.66. The topological polar surface area (TPSA) is 37.0 Å². The van der Waals surface area contributed by atoms with Crippen LogP contribution in [0.1, 0.15) is 30.6 Å². The Morgan fingerprint density at radius 3 is 3.20 bits per heavy atom. The molecule has 1 aliphatic heterocycles. The van der Waals surface area contributed by atoms with E-state index in [4.69, 9.17) is 0 Å².